The van der Waals surface area contributed by atoms with Crippen LogP contribution in [-0.2, 0) is 26.0 Å². The second-order valence-corrected chi connectivity index (χ2v) is 13.1. The topological polar surface area (TPSA) is 136 Å². The number of H-pyrrole nitrogens is 1. The largest absolute Gasteiger partial charge is 0.385 e. The summed E-state index contributed by atoms with van der Waals surface area (Å²) < 4.78 is 31.1. The van der Waals surface area contributed by atoms with Crippen molar-refractivity contribution in [3.05, 3.63) is 60.2 Å². The second-order valence-electron chi connectivity index (χ2n) is 11.4. The first-order valence-corrected chi connectivity index (χ1v) is 17.2. The maximum atomic E-state index is 14.2. The highest BCUT2D eigenvalue weighted by molar-refractivity contribution is 7.89. The number of amides is 2. The van der Waals surface area contributed by atoms with E-state index in [9.17, 15) is 18.0 Å². The number of imidazole rings is 1. The molecule has 44 heavy (non-hydrogen) atoms. The Hall–Kier alpha value is -3.70. The Kier molecular flexibility index (Phi) is 11.6. The molecular formula is C33H46N6O4S. The van der Waals surface area contributed by atoms with E-state index in [2.05, 4.69) is 32.2 Å². The molecule has 0 unspecified atom stereocenters. The number of carbonyl (C=O) groups is 2. The molecule has 10 nitrogen and oxygen atoms in total. The van der Waals surface area contributed by atoms with Crippen LogP contribution in [0.3, 0.4) is 0 Å². The van der Waals surface area contributed by atoms with Crippen LogP contribution in [0.25, 0.3) is 11.1 Å². The van der Waals surface area contributed by atoms with Crippen LogP contribution in [0.2, 0.25) is 0 Å². The summed E-state index contributed by atoms with van der Waals surface area (Å²) in [6.07, 6.45) is 6.23. The quantitative estimate of drug-likeness (QED) is 0.188. The average molecular weight is 623 g/mol. The zero-order chi connectivity index (χ0) is 31.7. The van der Waals surface area contributed by atoms with Gasteiger partial charge in [0.15, 0.2) is 0 Å². The van der Waals surface area contributed by atoms with Gasteiger partial charge >= 0.3 is 0 Å². The smallest absolute Gasteiger partial charge is 0.243 e. The van der Waals surface area contributed by atoms with Gasteiger partial charge < -0.3 is 20.5 Å². The molecule has 1 aliphatic rings. The standard InChI is InChI=1S/C33H46N6O4S/c1-5-24-17-19-39(20-18-24)33(41)29(15-10-14-28-23(4)35-22-36-28)38-44(42,43)30-16-9-13-27(32(30)37-31(40)6-2)25-11-8-12-26(21-25)34-7-3/h8-9,11-13,16,21-22,24,29,34,38H,5-7,10,14-15,17-20H2,1-4H3,(H,35,36)(H,37,40)/t29-/m0/s1. The van der Waals surface area contributed by atoms with Crippen molar-refractivity contribution in [2.75, 3.05) is 30.3 Å². The number of sulfonamides is 1. The van der Waals surface area contributed by atoms with Crippen molar-refractivity contribution in [3.63, 3.8) is 0 Å². The Morgan fingerprint density at radius 1 is 1.09 bits per heavy atom. The molecule has 0 saturated carbocycles. The summed E-state index contributed by atoms with van der Waals surface area (Å²) in [6, 6.07) is 11.6. The molecule has 1 fully saturated rings. The van der Waals surface area contributed by atoms with Crippen molar-refractivity contribution < 1.29 is 18.0 Å². The van der Waals surface area contributed by atoms with E-state index >= 15 is 0 Å². The maximum Gasteiger partial charge on any atom is 0.243 e. The minimum Gasteiger partial charge on any atom is -0.385 e. The molecule has 2 aromatic carbocycles. The Bertz CT molecular complexity index is 1530. The van der Waals surface area contributed by atoms with E-state index in [1.165, 1.54) is 6.07 Å². The van der Waals surface area contributed by atoms with Gasteiger partial charge in [-0.1, -0.05) is 44.5 Å². The van der Waals surface area contributed by atoms with Crippen molar-refractivity contribution in [1.82, 2.24) is 19.6 Å². The molecule has 2 amide bonds. The highest BCUT2D eigenvalue weighted by Gasteiger charge is 2.33. The number of aromatic amines is 1. The number of para-hydroxylation sites is 1. The number of piperidine rings is 1. The summed E-state index contributed by atoms with van der Waals surface area (Å²) in [7, 11) is -4.24. The van der Waals surface area contributed by atoms with Gasteiger partial charge in [-0.2, -0.15) is 4.72 Å². The van der Waals surface area contributed by atoms with E-state index in [-0.39, 0.29) is 28.8 Å². The van der Waals surface area contributed by atoms with Crippen LogP contribution in [0.15, 0.2) is 53.7 Å². The molecule has 0 spiro atoms. The first-order valence-electron chi connectivity index (χ1n) is 15.7. The fraction of sp³-hybridized carbons (Fsp3) is 0.485. The van der Waals surface area contributed by atoms with Crippen molar-refractivity contribution in [3.8, 4) is 11.1 Å². The van der Waals surface area contributed by atoms with Crippen molar-refractivity contribution in [2.45, 2.75) is 83.6 Å². The van der Waals surface area contributed by atoms with E-state index in [1.807, 2.05) is 38.1 Å². The second kappa shape index (κ2) is 15.3. The third-order valence-electron chi connectivity index (χ3n) is 8.40. The fourth-order valence-electron chi connectivity index (χ4n) is 5.73. The van der Waals surface area contributed by atoms with Gasteiger partial charge in [0.2, 0.25) is 21.8 Å². The van der Waals surface area contributed by atoms with Gasteiger partial charge in [-0.25, -0.2) is 13.4 Å². The lowest BCUT2D eigenvalue weighted by atomic mass is 9.94. The Morgan fingerprint density at radius 2 is 1.84 bits per heavy atom. The van der Waals surface area contributed by atoms with E-state index in [0.717, 1.165) is 48.4 Å². The van der Waals surface area contributed by atoms with Gasteiger partial charge in [-0.15, -0.1) is 0 Å². The monoisotopic (exact) mass is 622 g/mol. The summed E-state index contributed by atoms with van der Waals surface area (Å²) in [5.74, 6) is 0.0587. The number of anilines is 2. The number of hydrogen-bond donors (Lipinski definition) is 4. The highest BCUT2D eigenvalue weighted by atomic mass is 32.2. The van der Waals surface area contributed by atoms with Crippen LogP contribution in [0.4, 0.5) is 11.4 Å². The SMILES string of the molecule is CCNc1cccc(-c2cccc(S(=O)(=O)N[C@@H](CCCc3nc[nH]c3C)C(=O)N3CCC(CC)CC3)c2NC(=O)CC)c1. The summed E-state index contributed by atoms with van der Waals surface area (Å²) in [4.78, 5) is 35.7. The zero-order valence-electron chi connectivity index (χ0n) is 26.3. The molecule has 1 atom stereocenters. The maximum absolute atomic E-state index is 14.2. The Labute approximate surface area is 261 Å². The lowest BCUT2D eigenvalue weighted by Crippen LogP contribution is -2.50. The summed E-state index contributed by atoms with van der Waals surface area (Å²) >= 11 is 0. The average Bonchev–Trinajstić information content (AvgIpc) is 3.44. The number of nitrogens with zero attached hydrogens (tertiary/aromatic N) is 2. The number of likely N-dealkylation sites (tertiary alicyclic amines) is 1. The van der Waals surface area contributed by atoms with Gasteiger partial charge in [-0.3, -0.25) is 9.59 Å². The van der Waals surface area contributed by atoms with Crippen LogP contribution in [0.1, 0.15) is 70.7 Å². The molecule has 0 radical (unpaired) electrons. The molecule has 4 N–H and O–H groups in total. The lowest BCUT2D eigenvalue weighted by molar-refractivity contribution is -0.134. The van der Waals surface area contributed by atoms with E-state index in [1.54, 1.807) is 30.3 Å². The summed E-state index contributed by atoms with van der Waals surface area (Å²) in [5.41, 5.74) is 4.28. The van der Waals surface area contributed by atoms with E-state index in [0.29, 0.717) is 43.8 Å². The minimum absolute atomic E-state index is 0.0729. The predicted molar refractivity (Wildman–Crippen MR) is 175 cm³/mol. The number of rotatable bonds is 14. The van der Waals surface area contributed by atoms with Gasteiger partial charge in [0.25, 0.3) is 0 Å². The summed E-state index contributed by atoms with van der Waals surface area (Å²) in [5, 5.41) is 6.12. The van der Waals surface area contributed by atoms with Crippen LogP contribution < -0.4 is 15.4 Å². The van der Waals surface area contributed by atoms with Crippen molar-refractivity contribution in [2.24, 2.45) is 5.92 Å². The number of aryl methyl sites for hydroxylation is 2. The van der Waals surface area contributed by atoms with Crippen LogP contribution >= 0.6 is 0 Å². The Morgan fingerprint density at radius 3 is 2.50 bits per heavy atom. The molecule has 0 bridgehead atoms. The minimum atomic E-state index is -4.24. The third kappa shape index (κ3) is 8.26. The molecule has 1 saturated heterocycles. The number of hydrogen-bond acceptors (Lipinski definition) is 6. The predicted octanol–water partition coefficient (Wildman–Crippen LogP) is 5.48. The molecule has 4 rings (SSSR count). The number of benzene rings is 2. The number of nitrogens with one attached hydrogen (secondary N) is 4. The van der Waals surface area contributed by atoms with Crippen molar-refractivity contribution in [1.29, 1.82) is 0 Å². The molecule has 11 heteroatoms. The molecule has 2 heterocycles. The van der Waals surface area contributed by atoms with Crippen molar-refractivity contribution >= 4 is 33.2 Å². The van der Waals surface area contributed by atoms with E-state index < -0.39 is 16.1 Å². The van der Waals surface area contributed by atoms with Gasteiger partial charge in [0.05, 0.1) is 17.7 Å². The first-order chi connectivity index (χ1) is 21.2. The fourth-order valence-corrected chi connectivity index (χ4v) is 7.14. The van der Waals surface area contributed by atoms with Gasteiger partial charge in [0.1, 0.15) is 10.9 Å². The van der Waals surface area contributed by atoms with Crippen LogP contribution in [-0.4, -0.2) is 60.8 Å². The Balaban J connectivity index is 1.67. The first kappa shape index (κ1) is 33.2. The highest BCUT2D eigenvalue weighted by Crippen LogP contribution is 2.35. The zero-order valence-corrected chi connectivity index (χ0v) is 27.1. The summed E-state index contributed by atoms with van der Waals surface area (Å²) in [6.45, 7) is 9.78. The molecule has 1 aliphatic heterocycles. The van der Waals surface area contributed by atoms with E-state index in [4.69, 9.17) is 0 Å². The molecule has 3 aromatic rings. The van der Waals surface area contributed by atoms with Crippen LogP contribution in [0, 0.1) is 12.8 Å². The number of carbonyl (C=O) groups excluding carboxylic acids is 2. The molecular weight excluding hydrogens is 576 g/mol. The molecule has 238 valence electrons. The van der Waals surface area contributed by atoms with Gasteiger partial charge in [0, 0.05) is 43.0 Å². The lowest BCUT2D eigenvalue weighted by Gasteiger charge is -2.34. The van der Waals surface area contributed by atoms with Gasteiger partial charge in [-0.05, 0) is 75.6 Å². The third-order valence-corrected chi connectivity index (χ3v) is 9.91. The normalized spacial score (nSPS) is 14.8. The molecule has 1 aromatic heterocycles. The number of aromatic nitrogens is 2. The van der Waals surface area contributed by atoms with Crippen LogP contribution in [0.5, 0.6) is 0 Å². The molecule has 0 aliphatic carbocycles.